The lowest BCUT2D eigenvalue weighted by Gasteiger charge is -2.30. The number of amides is 2. The number of likely N-dealkylation sites (tertiary alicyclic amines) is 1. The van der Waals surface area contributed by atoms with Gasteiger partial charge in [-0.1, -0.05) is 13.8 Å². The van der Waals surface area contributed by atoms with E-state index in [1.54, 1.807) is 0 Å². The van der Waals surface area contributed by atoms with E-state index in [4.69, 9.17) is 5.73 Å². The molecule has 3 N–H and O–H groups in total. The number of nitrogens with one attached hydrogen (secondary N) is 1. The summed E-state index contributed by atoms with van der Waals surface area (Å²) in [6, 6.07) is 0.0715. The van der Waals surface area contributed by atoms with Crippen LogP contribution in [0.15, 0.2) is 0 Å². The number of nitrogens with zero attached hydrogens (tertiary/aromatic N) is 1. The van der Waals surface area contributed by atoms with E-state index in [0.29, 0.717) is 19.0 Å². The van der Waals surface area contributed by atoms with E-state index in [1.165, 1.54) is 0 Å². The lowest BCUT2D eigenvalue weighted by molar-refractivity contribution is 0.173. The summed E-state index contributed by atoms with van der Waals surface area (Å²) in [6.07, 6.45) is 2.25. The van der Waals surface area contributed by atoms with Crippen LogP contribution in [0.1, 0.15) is 26.7 Å². The van der Waals surface area contributed by atoms with Gasteiger partial charge in [0.15, 0.2) is 0 Å². The minimum Gasteiger partial charge on any atom is -0.338 e. The third-order valence-corrected chi connectivity index (χ3v) is 3.07. The smallest absolute Gasteiger partial charge is 0.317 e. The Balaban J connectivity index is 2.22. The molecule has 0 aromatic rings. The summed E-state index contributed by atoms with van der Waals surface area (Å²) in [5.41, 5.74) is 5.49. The topological polar surface area (TPSA) is 58.4 Å². The Bertz CT molecular complexity index is 200. The fourth-order valence-electron chi connectivity index (χ4n) is 1.67. The summed E-state index contributed by atoms with van der Waals surface area (Å²) in [4.78, 5) is 13.6. The minimum atomic E-state index is 0.0715. The van der Waals surface area contributed by atoms with Crippen molar-refractivity contribution in [2.75, 3.05) is 26.2 Å². The van der Waals surface area contributed by atoms with Crippen molar-refractivity contribution < 1.29 is 4.79 Å². The highest BCUT2D eigenvalue weighted by molar-refractivity contribution is 5.74. The summed E-state index contributed by atoms with van der Waals surface area (Å²) >= 11 is 0. The van der Waals surface area contributed by atoms with Gasteiger partial charge in [0, 0.05) is 19.6 Å². The molecule has 0 bridgehead atoms. The van der Waals surface area contributed by atoms with Gasteiger partial charge < -0.3 is 16.0 Å². The number of hydrogen-bond donors (Lipinski definition) is 2. The van der Waals surface area contributed by atoms with Crippen molar-refractivity contribution >= 4 is 6.03 Å². The molecule has 1 atom stereocenters. The molecule has 4 heteroatoms. The van der Waals surface area contributed by atoms with Crippen LogP contribution in [0.3, 0.4) is 0 Å². The maximum Gasteiger partial charge on any atom is 0.317 e. The van der Waals surface area contributed by atoms with Crippen molar-refractivity contribution in [2.45, 2.75) is 26.7 Å². The van der Waals surface area contributed by atoms with E-state index in [9.17, 15) is 4.79 Å². The van der Waals surface area contributed by atoms with Crippen LogP contribution in [0, 0.1) is 11.8 Å². The molecule has 1 saturated heterocycles. The summed E-state index contributed by atoms with van der Waals surface area (Å²) in [7, 11) is 0. The molecule has 0 aromatic carbocycles. The Labute approximate surface area is 92.2 Å². The van der Waals surface area contributed by atoms with Gasteiger partial charge in [-0.3, -0.25) is 0 Å². The van der Waals surface area contributed by atoms with Gasteiger partial charge in [0.25, 0.3) is 0 Å². The van der Waals surface area contributed by atoms with Crippen LogP contribution in [0.4, 0.5) is 4.79 Å². The maximum absolute atomic E-state index is 11.7. The predicted molar refractivity (Wildman–Crippen MR) is 61.6 cm³/mol. The van der Waals surface area contributed by atoms with Gasteiger partial charge in [-0.05, 0) is 31.2 Å². The van der Waals surface area contributed by atoms with Crippen LogP contribution in [0.2, 0.25) is 0 Å². The second-order valence-corrected chi connectivity index (χ2v) is 4.70. The van der Waals surface area contributed by atoms with Crippen LogP contribution >= 0.6 is 0 Å². The molecule has 0 aliphatic carbocycles. The Hall–Kier alpha value is -0.770. The number of urea groups is 1. The highest BCUT2D eigenvalue weighted by atomic mass is 16.2. The zero-order valence-corrected chi connectivity index (χ0v) is 9.83. The first-order chi connectivity index (χ1) is 7.13. The standard InChI is InChI=1S/C11H23N3O/c1-9-3-5-14(6-4-9)11(15)13-8-10(2)7-12/h9-10H,3-8,12H2,1-2H3,(H,13,15). The molecule has 1 fully saturated rings. The molecule has 15 heavy (non-hydrogen) atoms. The van der Waals surface area contributed by atoms with Gasteiger partial charge in [0.05, 0.1) is 0 Å². The molecule has 88 valence electrons. The van der Waals surface area contributed by atoms with E-state index in [0.717, 1.165) is 31.8 Å². The Morgan fingerprint density at radius 3 is 2.67 bits per heavy atom. The normalized spacial score (nSPS) is 20.1. The highest BCUT2D eigenvalue weighted by Gasteiger charge is 2.19. The SMILES string of the molecule is CC1CCN(C(=O)NCC(C)CN)CC1. The monoisotopic (exact) mass is 213 g/mol. The quantitative estimate of drug-likeness (QED) is 0.735. The van der Waals surface area contributed by atoms with Gasteiger partial charge in [-0.15, -0.1) is 0 Å². The van der Waals surface area contributed by atoms with Crippen molar-refractivity contribution in [1.29, 1.82) is 0 Å². The van der Waals surface area contributed by atoms with E-state index < -0.39 is 0 Å². The molecule has 0 radical (unpaired) electrons. The van der Waals surface area contributed by atoms with Crippen molar-refractivity contribution in [3.05, 3.63) is 0 Å². The lowest BCUT2D eigenvalue weighted by atomic mass is 10.00. The minimum absolute atomic E-state index is 0.0715. The van der Waals surface area contributed by atoms with Crippen LogP contribution in [-0.4, -0.2) is 37.1 Å². The van der Waals surface area contributed by atoms with Gasteiger partial charge in [0.2, 0.25) is 0 Å². The average molecular weight is 213 g/mol. The Morgan fingerprint density at radius 1 is 1.53 bits per heavy atom. The second kappa shape index (κ2) is 5.95. The van der Waals surface area contributed by atoms with Crippen LogP contribution < -0.4 is 11.1 Å². The molecule has 4 nitrogen and oxygen atoms in total. The van der Waals surface area contributed by atoms with Crippen LogP contribution in [-0.2, 0) is 0 Å². The Kier molecular flexibility index (Phi) is 4.88. The largest absolute Gasteiger partial charge is 0.338 e. The molecule has 0 saturated carbocycles. The third-order valence-electron chi connectivity index (χ3n) is 3.07. The number of nitrogens with two attached hydrogens (primary N) is 1. The first-order valence-corrected chi connectivity index (χ1v) is 5.86. The molecule has 1 aliphatic rings. The zero-order valence-electron chi connectivity index (χ0n) is 9.83. The van der Waals surface area contributed by atoms with E-state index in [-0.39, 0.29) is 6.03 Å². The first-order valence-electron chi connectivity index (χ1n) is 5.86. The maximum atomic E-state index is 11.7. The molecular formula is C11H23N3O. The average Bonchev–Trinajstić information content (AvgIpc) is 2.26. The number of carbonyl (C=O) groups is 1. The zero-order chi connectivity index (χ0) is 11.3. The fraction of sp³-hybridized carbons (Fsp3) is 0.909. The van der Waals surface area contributed by atoms with Gasteiger partial charge in [0.1, 0.15) is 0 Å². The molecule has 1 rings (SSSR count). The molecule has 0 spiro atoms. The van der Waals surface area contributed by atoms with Crippen molar-refractivity contribution in [1.82, 2.24) is 10.2 Å². The van der Waals surface area contributed by atoms with Crippen LogP contribution in [0.25, 0.3) is 0 Å². The summed E-state index contributed by atoms with van der Waals surface area (Å²) in [5, 5.41) is 2.92. The summed E-state index contributed by atoms with van der Waals surface area (Å²) in [6.45, 7) is 7.37. The molecular weight excluding hydrogens is 190 g/mol. The van der Waals surface area contributed by atoms with E-state index in [1.807, 2.05) is 11.8 Å². The van der Waals surface area contributed by atoms with Crippen molar-refractivity contribution in [3.8, 4) is 0 Å². The summed E-state index contributed by atoms with van der Waals surface area (Å²) in [5.74, 6) is 1.12. The molecule has 0 aromatic heterocycles. The molecule has 2 amide bonds. The number of piperidine rings is 1. The van der Waals surface area contributed by atoms with Gasteiger partial charge in [-0.2, -0.15) is 0 Å². The highest BCUT2D eigenvalue weighted by Crippen LogP contribution is 2.15. The van der Waals surface area contributed by atoms with Crippen molar-refractivity contribution in [2.24, 2.45) is 17.6 Å². The number of rotatable bonds is 3. The molecule has 1 unspecified atom stereocenters. The van der Waals surface area contributed by atoms with E-state index >= 15 is 0 Å². The third kappa shape index (κ3) is 4.08. The fourth-order valence-corrected chi connectivity index (χ4v) is 1.67. The predicted octanol–water partition coefficient (Wildman–Crippen LogP) is 1.02. The van der Waals surface area contributed by atoms with E-state index in [2.05, 4.69) is 12.2 Å². The second-order valence-electron chi connectivity index (χ2n) is 4.70. The molecule has 1 heterocycles. The van der Waals surface area contributed by atoms with Gasteiger partial charge >= 0.3 is 6.03 Å². The van der Waals surface area contributed by atoms with Gasteiger partial charge in [-0.25, -0.2) is 4.79 Å². The van der Waals surface area contributed by atoms with Crippen LogP contribution in [0.5, 0.6) is 0 Å². The number of carbonyl (C=O) groups excluding carboxylic acids is 1. The lowest BCUT2D eigenvalue weighted by Crippen LogP contribution is -2.45. The summed E-state index contributed by atoms with van der Waals surface area (Å²) < 4.78 is 0. The Morgan fingerprint density at radius 2 is 2.13 bits per heavy atom. The number of hydrogen-bond acceptors (Lipinski definition) is 2. The molecule has 1 aliphatic heterocycles. The first kappa shape index (κ1) is 12.3. The van der Waals surface area contributed by atoms with Crippen molar-refractivity contribution in [3.63, 3.8) is 0 Å².